The summed E-state index contributed by atoms with van der Waals surface area (Å²) >= 11 is 0. The summed E-state index contributed by atoms with van der Waals surface area (Å²) in [6, 6.07) is -0.145. The first-order chi connectivity index (χ1) is 10.8. The Morgan fingerprint density at radius 2 is 2.00 bits per heavy atom. The number of nitrogens with one attached hydrogen (secondary N) is 1. The Balaban J connectivity index is 1.71. The average Bonchev–Trinajstić information content (AvgIpc) is 2.90. The van der Waals surface area contributed by atoms with Crippen molar-refractivity contribution >= 4 is 6.03 Å². The van der Waals surface area contributed by atoms with Crippen LogP contribution in [0.1, 0.15) is 19.8 Å². The van der Waals surface area contributed by atoms with E-state index in [4.69, 9.17) is 4.74 Å². The molecule has 0 aromatic heterocycles. The van der Waals surface area contributed by atoms with Crippen molar-refractivity contribution in [2.24, 2.45) is 11.8 Å². The molecule has 0 saturated carbocycles. The number of ether oxygens (including phenoxy) is 1. The number of rotatable bonds is 4. The number of nitrogens with zero attached hydrogens (tertiary/aromatic N) is 2. The van der Waals surface area contributed by atoms with Gasteiger partial charge in [0, 0.05) is 33.3 Å². The van der Waals surface area contributed by atoms with Gasteiger partial charge in [-0.25, -0.2) is 4.79 Å². The predicted molar refractivity (Wildman–Crippen MR) is 80.2 cm³/mol. The van der Waals surface area contributed by atoms with Crippen LogP contribution in [0, 0.1) is 11.8 Å². The van der Waals surface area contributed by atoms with E-state index >= 15 is 0 Å². The van der Waals surface area contributed by atoms with Gasteiger partial charge in [0.25, 0.3) is 0 Å². The van der Waals surface area contributed by atoms with Gasteiger partial charge in [-0.2, -0.15) is 13.2 Å². The number of likely N-dealkylation sites (tertiary alicyclic amines) is 2. The highest BCUT2D eigenvalue weighted by atomic mass is 19.4. The van der Waals surface area contributed by atoms with Crippen molar-refractivity contribution in [2.75, 3.05) is 46.4 Å². The summed E-state index contributed by atoms with van der Waals surface area (Å²) in [7, 11) is 1.65. The second-order valence-electron chi connectivity index (χ2n) is 6.68. The lowest BCUT2D eigenvalue weighted by atomic mass is 9.96. The van der Waals surface area contributed by atoms with E-state index in [1.165, 1.54) is 4.90 Å². The molecule has 0 aliphatic carbocycles. The van der Waals surface area contributed by atoms with E-state index in [2.05, 4.69) is 12.2 Å². The van der Waals surface area contributed by atoms with E-state index in [1.54, 1.807) is 12.0 Å². The van der Waals surface area contributed by atoms with Crippen LogP contribution >= 0.6 is 0 Å². The third kappa shape index (κ3) is 5.53. The molecular weight excluding hydrogens is 311 g/mol. The second kappa shape index (κ2) is 7.70. The summed E-state index contributed by atoms with van der Waals surface area (Å²) in [5.41, 5.74) is 0. The molecule has 2 aliphatic rings. The first-order valence-corrected chi connectivity index (χ1v) is 8.13. The topological polar surface area (TPSA) is 44.8 Å². The van der Waals surface area contributed by atoms with Crippen LogP contribution in [-0.4, -0.2) is 74.5 Å². The zero-order chi connectivity index (χ0) is 17.0. The molecule has 2 amide bonds. The van der Waals surface area contributed by atoms with Crippen molar-refractivity contribution in [1.82, 2.24) is 15.1 Å². The summed E-state index contributed by atoms with van der Waals surface area (Å²) in [6.07, 6.45) is -2.52. The van der Waals surface area contributed by atoms with Gasteiger partial charge in [0.05, 0.1) is 12.6 Å². The van der Waals surface area contributed by atoms with Crippen molar-refractivity contribution in [3.63, 3.8) is 0 Å². The van der Waals surface area contributed by atoms with Crippen LogP contribution in [0.5, 0.6) is 0 Å². The molecule has 2 saturated heterocycles. The highest BCUT2D eigenvalue weighted by molar-refractivity contribution is 5.74. The number of amides is 2. The fourth-order valence-electron chi connectivity index (χ4n) is 3.35. The Morgan fingerprint density at radius 3 is 2.65 bits per heavy atom. The monoisotopic (exact) mass is 337 g/mol. The van der Waals surface area contributed by atoms with Gasteiger partial charge < -0.3 is 15.0 Å². The maximum absolute atomic E-state index is 12.4. The fraction of sp³-hybridized carbons (Fsp3) is 0.933. The summed E-state index contributed by atoms with van der Waals surface area (Å²) in [6.45, 7) is 3.75. The van der Waals surface area contributed by atoms with Crippen LogP contribution in [0.3, 0.4) is 0 Å². The minimum absolute atomic E-state index is 0.0447. The van der Waals surface area contributed by atoms with Crippen molar-refractivity contribution < 1.29 is 22.7 Å². The normalized spacial score (nSPS) is 29.8. The minimum atomic E-state index is -4.15. The third-order valence-electron chi connectivity index (χ3n) is 4.79. The molecular formula is C15H26F3N3O2. The Morgan fingerprint density at radius 1 is 1.26 bits per heavy atom. The number of carbonyl (C=O) groups excluding carboxylic acids is 1. The highest BCUT2D eigenvalue weighted by Gasteiger charge is 2.34. The fourth-order valence-corrected chi connectivity index (χ4v) is 3.35. The van der Waals surface area contributed by atoms with Crippen molar-refractivity contribution in [3.05, 3.63) is 0 Å². The summed E-state index contributed by atoms with van der Waals surface area (Å²) < 4.78 is 42.5. The molecule has 0 aromatic rings. The van der Waals surface area contributed by atoms with Crippen LogP contribution in [-0.2, 0) is 4.74 Å². The standard InChI is InChI=1S/C15H26F3N3O2/c1-11-3-6-21(9-13(11)23-2)14(22)19-7-12-4-5-20(8-12)10-15(16,17)18/h11-13H,3-10H2,1-2H3,(H,19,22)/t11-,12+,13-/m0/s1. The van der Waals surface area contributed by atoms with E-state index < -0.39 is 12.7 Å². The number of piperidine rings is 1. The van der Waals surface area contributed by atoms with Crippen molar-refractivity contribution in [1.29, 1.82) is 0 Å². The molecule has 0 unspecified atom stereocenters. The average molecular weight is 337 g/mol. The molecule has 0 bridgehead atoms. The molecule has 2 fully saturated rings. The van der Waals surface area contributed by atoms with Gasteiger partial charge >= 0.3 is 12.2 Å². The molecule has 0 aromatic carbocycles. The smallest absolute Gasteiger partial charge is 0.379 e. The molecule has 2 heterocycles. The number of urea groups is 1. The minimum Gasteiger partial charge on any atom is -0.379 e. The van der Waals surface area contributed by atoms with E-state index in [0.29, 0.717) is 45.1 Å². The molecule has 1 N–H and O–H groups in total. The molecule has 0 radical (unpaired) electrons. The molecule has 3 atom stereocenters. The number of hydrogen-bond donors (Lipinski definition) is 1. The number of halogens is 3. The van der Waals surface area contributed by atoms with Crippen molar-refractivity contribution in [2.45, 2.75) is 32.0 Å². The number of hydrogen-bond acceptors (Lipinski definition) is 3. The van der Waals surface area contributed by atoms with Gasteiger partial charge in [-0.15, -0.1) is 0 Å². The second-order valence-corrected chi connectivity index (χ2v) is 6.68. The van der Waals surface area contributed by atoms with Gasteiger partial charge in [-0.3, -0.25) is 4.90 Å². The van der Waals surface area contributed by atoms with Gasteiger partial charge in [0.1, 0.15) is 0 Å². The van der Waals surface area contributed by atoms with E-state index in [1.807, 2.05) is 0 Å². The Bertz CT molecular complexity index is 406. The molecule has 23 heavy (non-hydrogen) atoms. The largest absolute Gasteiger partial charge is 0.401 e. The number of methoxy groups -OCH3 is 1. The zero-order valence-corrected chi connectivity index (χ0v) is 13.7. The number of alkyl halides is 3. The number of carbonyl (C=O) groups is 1. The maximum Gasteiger partial charge on any atom is 0.401 e. The zero-order valence-electron chi connectivity index (χ0n) is 13.7. The quantitative estimate of drug-likeness (QED) is 0.853. The molecule has 134 valence electrons. The first kappa shape index (κ1) is 18.3. The highest BCUT2D eigenvalue weighted by Crippen LogP contribution is 2.23. The van der Waals surface area contributed by atoms with E-state index in [0.717, 1.165) is 6.42 Å². The van der Waals surface area contributed by atoms with Gasteiger partial charge in [-0.05, 0) is 31.2 Å². The first-order valence-electron chi connectivity index (χ1n) is 8.13. The summed E-state index contributed by atoms with van der Waals surface area (Å²) in [4.78, 5) is 15.3. The van der Waals surface area contributed by atoms with Gasteiger partial charge in [-0.1, -0.05) is 6.92 Å². The Labute approximate surface area is 135 Å². The van der Waals surface area contributed by atoms with Crippen LogP contribution in [0.4, 0.5) is 18.0 Å². The summed E-state index contributed by atoms with van der Waals surface area (Å²) in [5.74, 6) is 0.512. The maximum atomic E-state index is 12.4. The molecule has 5 nitrogen and oxygen atoms in total. The Kier molecular flexibility index (Phi) is 6.13. The molecule has 2 rings (SSSR count). The summed E-state index contributed by atoms with van der Waals surface area (Å²) in [5, 5.41) is 2.86. The van der Waals surface area contributed by atoms with E-state index in [9.17, 15) is 18.0 Å². The van der Waals surface area contributed by atoms with Crippen LogP contribution in [0.25, 0.3) is 0 Å². The van der Waals surface area contributed by atoms with Crippen LogP contribution < -0.4 is 5.32 Å². The van der Waals surface area contributed by atoms with Crippen LogP contribution in [0.15, 0.2) is 0 Å². The van der Waals surface area contributed by atoms with Gasteiger partial charge in [0.2, 0.25) is 0 Å². The van der Waals surface area contributed by atoms with E-state index in [-0.39, 0.29) is 18.1 Å². The third-order valence-corrected chi connectivity index (χ3v) is 4.79. The lowest BCUT2D eigenvalue weighted by Crippen LogP contribution is -2.51. The van der Waals surface area contributed by atoms with Crippen molar-refractivity contribution in [3.8, 4) is 0 Å². The SMILES string of the molecule is CO[C@H]1CN(C(=O)NC[C@H]2CCN(CC(F)(F)F)C2)CC[C@@H]1C. The lowest BCUT2D eigenvalue weighted by Gasteiger charge is -2.36. The Hall–Kier alpha value is -1.02. The van der Waals surface area contributed by atoms with Crippen LogP contribution in [0.2, 0.25) is 0 Å². The molecule has 2 aliphatic heterocycles. The molecule has 8 heteroatoms. The van der Waals surface area contributed by atoms with Gasteiger partial charge in [0.15, 0.2) is 0 Å². The molecule has 0 spiro atoms. The predicted octanol–water partition coefficient (Wildman–Crippen LogP) is 1.94. The lowest BCUT2D eigenvalue weighted by molar-refractivity contribution is -0.143.